The zero-order valence-corrected chi connectivity index (χ0v) is 13.1. The van der Waals surface area contributed by atoms with Crippen molar-refractivity contribution in [2.24, 2.45) is 5.92 Å². The van der Waals surface area contributed by atoms with Gasteiger partial charge in [0.25, 0.3) is 0 Å². The molecule has 0 saturated carbocycles. The highest BCUT2D eigenvalue weighted by atomic mass is 32.2. The van der Waals surface area contributed by atoms with E-state index in [1.165, 1.54) is 7.05 Å². The minimum atomic E-state index is -3.30. The van der Waals surface area contributed by atoms with Gasteiger partial charge in [-0.05, 0) is 31.6 Å². The van der Waals surface area contributed by atoms with Gasteiger partial charge < -0.3 is 9.64 Å². The van der Waals surface area contributed by atoms with Crippen molar-refractivity contribution in [1.82, 2.24) is 9.21 Å². The zero-order chi connectivity index (χ0) is 14.8. The first kappa shape index (κ1) is 15.7. The molecule has 6 nitrogen and oxygen atoms in total. The van der Waals surface area contributed by atoms with E-state index in [0.29, 0.717) is 5.92 Å². The van der Waals surface area contributed by atoms with Crippen LogP contribution in [0.15, 0.2) is 0 Å². The number of nitrogens with zero attached hydrogens (tertiary/aromatic N) is 2. The molecule has 2 aliphatic heterocycles. The lowest BCUT2D eigenvalue weighted by Crippen LogP contribution is -2.46. The second-order valence-electron chi connectivity index (χ2n) is 5.77. The van der Waals surface area contributed by atoms with Crippen LogP contribution in [0.2, 0.25) is 0 Å². The predicted molar refractivity (Wildman–Crippen MR) is 75.8 cm³/mol. The first-order valence-electron chi connectivity index (χ1n) is 7.18. The Labute approximate surface area is 121 Å². The van der Waals surface area contributed by atoms with Gasteiger partial charge in [-0.2, -0.15) is 4.31 Å². The van der Waals surface area contributed by atoms with E-state index in [4.69, 9.17) is 4.74 Å². The molecule has 1 unspecified atom stereocenters. The highest BCUT2D eigenvalue weighted by Crippen LogP contribution is 2.30. The molecule has 0 aromatic rings. The van der Waals surface area contributed by atoms with Crippen LogP contribution in [-0.4, -0.2) is 69.2 Å². The number of likely N-dealkylation sites (N-methyl/N-ethyl adjacent to an activating group) is 1. The molecule has 2 aliphatic rings. The fourth-order valence-corrected chi connectivity index (χ4v) is 3.44. The summed E-state index contributed by atoms with van der Waals surface area (Å²) < 4.78 is 29.3. The molecule has 2 saturated heterocycles. The maximum atomic E-state index is 12.3. The molecule has 2 rings (SSSR count). The van der Waals surface area contributed by atoms with Crippen LogP contribution in [0.25, 0.3) is 0 Å². The minimum Gasteiger partial charge on any atom is -0.381 e. The van der Waals surface area contributed by atoms with E-state index in [9.17, 15) is 13.2 Å². The Kier molecular flexibility index (Phi) is 5.04. The van der Waals surface area contributed by atoms with Crippen LogP contribution in [-0.2, 0) is 19.6 Å². The van der Waals surface area contributed by atoms with Crippen LogP contribution in [0.3, 0.4) is 0 Å². The van der Waals surface area contributed by atoms with Crippen LogP contribution in [0.5, 0.6) is 0 Å². The summed E-state index contributed by atoms with van der Waals surface area (Å²) in [4.78, 5) is 14.2. The summed E-state index contributed by atoms with van der Waals surface area (Å²) in [6.07, 6.45) is 5.16. The van der Waals surface area contributed by atoms with E-state index in [1.807, 2.05) is 4.90 Å². The molecule has 1 atom stereocenters. The molecule has 2 heterocycles. The Hall–Kier alpha value is -0.660. The monoisotopic (exact) mass is 304 g/mol. The van der Waals surface area contributed by atoms with E-state index >= 15 is 0 Å². The molecule has 0 aromatic carbocycles. The van der Waals surface area contributed by atoms with E-state index in [2.05, 4.69) is 0 Å². The number of likely N-dealkylation sites (tertiary alicyclic amines) is 1. The van der Waals surface area contributed by atoms with Gasteiger partial charge in [0, 0.05) is 32.8 Å². The number of sulfonamides is 1. The zero-order valence-electron chi connectivity index (χ0n) is 12.2. The minimum absolute atomic E-state index is 0.0570. The summed E-state index contributed by atoms with van der Waals surface area (Å²) in [5, 5.41) is 0. The van der Waals surface area contributed by atoms with Gasteiger partial charge in [-0.3, -0.25) is 4.79 Å². The second-order valence-corrected chi connectivity index (χ2v) is 7.85. The molecule has 2 fully saturated rings. The molecule has 0 N–H and O–H groups in total. The summed E-state index contributed by atoms with van der Waals surface area (Å²) in [6.45, 7) is 2.23. The molecular weight excluding hydrogens is 280 g/mol. The molecule has 0 spiro atoms. The lowest BCUT2D eigenvalue weighted by molar-refractivity contribution is -0.133. The van der Waals surface area contributed by atoms with Crippen molar-refractivity contribution in [3.63, 3.8) is 0 Å². The van der Waals surface area contributed by atoms with Gasteiger partial charge in [0.2, 0.25) is 15.9 Å². The normalized spacial score (nSPS) is 25.4. The highest BCUT2D eigenvalue weighted by Gasteiger charge is 2.35. The van der Waals surface area contributed by atoms with Crippen LogP contribution in [0.1, 0.15) is 25.7 Å². The number of carbonyl (C=O) groups is 1. The Bertz CT molecular complexity index is 445. The quantitative estimate of drug-likeness (QED) is 0.749. The van der Waals surface area contributed by atoms with Crippen LogP contribution in [0.4, 0.5) is 0 Å². The fourth-order valence-electron chi connectivity index (χ4n) is 3.09. The average Bonchev–Trinajstić information content (AvgIpc) is 2.87. The third-order valence-corrected chi connectivity index (χ3v) is 5.62. The molecule has 20 heavy (non-hydrogen) atoms. The number of amides is 1. The molecular formula is C13H24N2O4S. The maximum Gasteiger partial charge on any atom is 0.238 e. The van der Waals surface area contributed by atoms with Crippen LogP contribution < -0.4 is 0 Å². The van der Waals surface area contributed by atoms with Crippen molar-refractivity contribution < 1.29 is 17.9 Å². The van der Waals surface area contributed by atoms with Gasteiger partial charge in [0.1, 0.15) is 0 Å². The molecule has 0 aromatic heterocycles. The number of ether oxygens (including phenoxy) is 1. The second kappa shape index (κ2) is 6.41. The SMILES string of the molecule is CN(CC(=O)N1CCCC1C1CCOCC1)S(C)(=O)=O. The van der Waals surface area contributed by atoms with E-state index in [0.717, 1.165) is 56.0 Å². The van der Waals surface area contributed by atoms with Crippen molar-refractivity contribution in [3.05, 3.63) is 0 Å². The number of rotatable bonds is 4. The van der Waals surface area contributed by atoms with Crippen molar-refractivity contribution in [2.75, 3.05) is 39.6 Å². The first-order valence-corrected chi connectivity index (χ1v) is 9.03. The van der Waals surface area contributed by atoms with Crippen molar-refractivity contribution in [1.29, 1.82) is 0 Å². The molecule has 116 valence electrons. The lowest BCUT2D eigenvalue weighted by atomic mass is 9.90. The van der Waals surface area contributed by atoms with E-state index < -0.39 is 10.0 Å². The first-order chi connectivity index (χ1) is 9.39. The molecule has 7 heteroatoms. The van der Waals surface area contributed by atoms with Gasteiger partial charge in [-0.15, -0.1) is 0 Å². The predicted octanol–water partition coefficient (Wildman–Crippen LogP) is 0.295. The van der Waals surface area contributed by atoms with Crippen LogP contribution in [0, 0.1) is 5.92 Å². The smallest absolute Gasteiger partial charge is 0.238 e. The Morgan fingerprint density at radius 1 is 1.30 bits per heavy atom. The third kappa shape index (κ3) is 3.71. The standard InChI is InChI=1S/C13H24N2O4S/c1-14(20(2,17)18)10-13(16)15-7-3-4-12(15)11-5-8-19-9-6-11/h11-12H,3-10H2,1-2H3. The molecule has 0 radical (unpaired) electrons. The Balaban J connectivity index is 1.97. The van der Waals surface area contributed by atoms with Crippen molar-refractivity contribution in [3.8, 4) is 0 Å². The lowest BCUT2D eigenvalue weighted by Gasteiger charge is -2.34. The van der Waals surface area contributed by atoms with Gasteiger partial charge in [-0.25, -0.2) is 8.42 Å². The molecule has 1 amide bonds. The van der Waals surface area contributed by atoms with Gasteiger partial charge in [-0.1, -0.05) is 0 Å². The largest absolute Gasteiger partial charge is 0.381 e. The van der Waals surface area contributed by atoms with Crippen molar-refractivity contribution in [2.45, 2.75) is 31.7 Å². The highest BCUT2D eigenvalue weighted by molar-refractivity contribution is 7.88. The third-order valence-electron chi connectivity index (χ3n) is 4.35. The topological polar surface area (TPSA) is 66.9 Å². The summed E-state index contributed by atoms with van der Waals surface area (Å²) >= 11 is 0. The van der Waals surface area contributed by atoms with E-state index in [-0.39, 0.29) is 18.5 Å². The summed E-state index contributed by atoms with van der Waals surface area (Å²) in [6, 6.07) is 0.263. The summed E-state index contributed by atoms with van der Waals surface area (Å²) in [5.74, 6) is 0.422. The number of hydrogen-bond acceptors (Lipinski definition) is 4. The average molecular weight is 304 g/mol. The Morgan fingerprint density at radius 3 is 2.55 bits per heavy atom. The summed E-state index contributed by atoms with van der Waals surface area (Å²) in [7, 11) is -1.85. The maximum absolute atomic E-state index is 12.3. The van der Waals surface area contributed by atoms with Crippen LogP contribution >= 0.6 is 0 Å². The molecule has 0 bridgehead atoms. The fraction of sp³-hybridized carbons (Fsp3) is 0.923. The van der Waals surface area contributed by atoms with E-state index in [1.54, 1.807) is 0 Å². The Morgan fingerprint density at radius 2 is 1.95 bits per heavy atom. The van der Waals surface area contributed by atoms with Gasteiger partial charge in [0.15, 0.2) is 0 Å². The number of carbonyl (C=O) groups excluding carboxylic acids is 1. The van der Waals surface area contributed by atoms with Gasteiger partial charge >= 0.3 is 0 Å². The van der Waals surface area contributed by atoms with Crippen molar-refractivity contribution >= 4 is 15.9 Å². The van der Waals surface area contributed by atoms with Gasteiger partial charge in [0.05, 0.1) is 12.8 Å². The number of hydrogen-bond donors (Lipinski definition) is 0. The molecule has 0 aliphatic carbocycles. The summed E-state index contributed by atoms with van der Waals surface area (Å²) in [5.41, 5.74) is 0.